The van der Waals surface area contributed by atoms with E-state index in [4.69, 9.17) is 5.41 Å². The Bertz CT molecular complexity index is 139. The molecule has 0 aliphatic carbocycles. The Kier molecular flexibility index (Phi) is 6.97. The van der Waals surface area contributed by atoms with Crippen LogP contribution in [-0.4, -0.2) is 32.3 Å². The molecule has 1 N–H and O–H groups in total. The molecule has 0 aromatic heterocycles. The van der Waals surface area contributed by atoms with Gasteiger partial charge in [-0.15, -0.1) is 0 Å². The van der Waals surface area contributed by atoms with Crippen LogP contribution in [-0.2, 0) is 0 Å². The van der Waals surface area contributed by atoms with Crippen LogP contribution >= 0.6 is 0 Å². The number of hydrogen-bond acceptors (Lipinski definition) is 2. The van der Waals surface area contributed by atoms with Crippen molar-refractivity contribution in [1.29, 1.82) is 5.41 Å². The van der Waals surface area contributed by atoms with Gasteiger partial charge in [0.1, 0.15) is 0 Å². The van der Waals surface area contributed by atoms with Crippen molar-refractivity contribution in [1.82, 2.24) is 0 Å². The first kappa shape index (κ1) is 11.2. The van der Waals surface area contributed by atoms with E-state index in [-0.39, 0.29) is 0 Å². The average Bonchev–Trinajstić information content (AvgIpc) is 1.97. The van der Waals surface area contributed by atoms with Gasteiger partial charge in [-0.1, -0.05) is 0 Å². The Balaban J connectivity index is 3.60. The van der Waals surface area contributed by atoms with E-state index >= 15 is 0 Å². The molecule has 0 aromatic carbocycles. The maximum atomic E-state index is 6.61. The van der Waals surface area contributed by atoms with Gasteiger partial charge in [-0.3, -0.25) is 0 Å². The minimum atomic E-state index is -1.10. The number of nitrogens with zero attached hydrogens (tertiary/aromatic N) is 1. The summed E-state index contributed by atoms with van der Waals surface area (Å²) in [5.74, 6) is 0. The van der Waals surface area contributed by atoms with Gasteiger partial charge in [0.25, 0.3) is 0 Å². The first-order valence-electron chi connectivity index (χ1n) is 4.30. The van der Waals surface area contributed by atoms with Crippen LogP contribution in [0.4, 0.5) is 0 Å². The van der Waals surface area contributed by atoms with Crippen LogP contribution < -0.4 is 0 Å². The van der Waals surface area contributed by atoms with E-state index in [1.807, 2.05) is 0 Å². The van der Waals surface area contributed by atoms with E-state index in [0.29, 0.717) is 0 Å². The van der Waals surface area contributed by atoms with Gasteiger partial charge >= 0.3 is 76.3 Å². The maximum absolute atomic E-state index is 6.61. The Hall–Kier alpha value is 0.179. The molecule has 11 heavy (non-hydrogen) atoms. The molecule has 0 spiro atoms. The number of hydrogen-bond donors (Lipinski definition) is 1. The fraction of sp³-hybridized carbons (Fsp3) is 0.875. The molecule has 0 aromatic rings. The van der Waals surface area contributed by atoms with E-state index in [1.54, 1.807) is 0 Å². The Morgan fingerprint density at radius 3 is 2.55 bits per heavy atom. The van der Waals surface area contributed by atoms with Crippen LogP contribution in [0.25, 0.3) is 0 Å². The summed E-state index contributed by atoms with van der Waals surface area (Å²) in [5.41, 5.74) is 0. The quantitative estimate of drug-likeness (QED) is 0.582. The van der Waals surface area contributed by atoms with Crippen LogP contribution in [0.5, 0.6) is 0 Å². The van der Waals surface area contributed by atoms with Gasteiger partial charge in [0.15, 0.2) is 0 Å². The van der Waals surface area contributed by atoms with E-state index in [2.05, 4.69) is 27.8 Å². The second kappa shape index (κ2) is 6.86. The molecule has 0 saturated carbocycles. The summed E-state index contributed by atoms with van der Waals surface area (Å²) >= 11 is -1.10. The zero-order valence-electron chi connectivity index (χ0n) is 7.72. The van der Waals surface area contributed by atoms with E-state index < -0.39 is 19.8 Å². The molecule has 0 aliphatic heterocycles. The van der Waals surface area contributed by atoms with Gasteiger partial charge in [-0.05, 0) is 0 Å². The molecule has 64 valence electrons. The van der Waals surface area contributed by atoms with Crippen molar-refractivity contribution in [3.05, 3.63) is 0 Å². The fourth-order valence-electron chi connectivity index (χ4n) is 1.30. The van der Waals surface area contributed by atoms with Gasteiger partial charge in [0, 0.05) is 0 Å². The molecule has 1 atom stereocenters. The molecular formula is C8H18N2Sn. The van der Waals surface area contributed by atoms with Crippen molar-refractivity contribution >= 4 is 25.8 Å². The summed E-state index contributed by atoms with van der Waals surface area (Å²) in [7, 11) is 0. The van der Waals surface area contributed by atoms with Crippen molar-refractivity contribution in [3.8, 4) is 0 Å². The predicted octanol–water partition coefficient (Wildman–Crippen LogP) is 2.40. The third kappa shape index (κ3) is 5.45. The number of aliphatic imine (C=N–C) groups is 1. The van der Waals surface area contributed by atoms with Crippen molar-refractivity contribution in [3.63, 3.8) is 0 Å². The summed E-state index contributed by atoms with van der Waals surface area (Å²) in [6.07, 6.45) is 2.50. The molecule has 2 nitrogen and oxygen atoms in total. The zero-order chi connectivity index (χ0) is 8.69. The Morgan fingerprint density at radius 2 is 2.18 bits per heavy atom. The molecule has 3 heteroatoms. The number of rotatable bonds is 5. The van der Waals surface area contributed by atoms with Gasteiger partial charge in [0.05, 0.1) is 0 Å². The summed E-state index contributed by atoms with van der Waals surface area (Å²) in [5, 5.41) is 6.61. The summed E-state index contributed by atoms with van der Waals surface area (Å²) in [4.78, 5) is 8.69. The molecule has 0 rings (SSSR count). The molecule has 0 heterocycles. The second-order valence-corrected chi connectivity index (χ2v) is 13.0. The molecule has 0 bridgehead atoms. The molecule has 0 aliphatic rings. The van der Waals surface area contributed by atoms with Crippen molar-refractivity contribution in [2.75, 3.05) is 6.54 Å². The summed E-state index contributed by atoms with van der Waals surface area (Å²) < 4.78 is 0.967. The third-order valence-corrected chi connectivity index (χ3v) is 9.84. The standard InChI is InChI=1S/C6H11N2.2CH3.Sn.H/c1-2-3-4-5-8-6-7;;;;/h3,7H,2,4-5H2,1H3;2*1H3;;. The third-order valence-electron chi connectivity index (χ3n) is 2.16. The molecular weight excluding hydrogens is 243 g/mol. The van der Waals surface area contributed by atoms with Crippen LogP contribution in [0.15, 0.2) is 4.99 Å². The van der Waals surface area contributed by atoms with E-state index in [9.17, 15) is 0 Å². The minimum absolute atomic E-state index is 0.817. The van der Waals surface area contributed by atoms with Gasteiger partial charge in [-0.25, -0.2) is 0 Å². The van der Waals surface area contributed by atoms with Gasteiger partial charge < -0.3 is 0 Å². The molecule has 0 amide bonds. The average molecular weight is 261 g/mol. The van der Waals surface area contributed by atoms with Gasteiger partial charge in [0.2, 0.25) is 0 Å². The van der Waals surface area contributed by atoms with Crippen molar-refractivity contribution in [2.45, 2.75) is 33.6 Å². The normalized spacial score (nSPS) is 12.7. The first-order chi connectivity index (χ1) is 5.22. The fourth-order valence-corrected chi connectivity index (χ4v) is 6.31. The molecule has 0 saturated heterocycles. The summed E-state index contributed by atoms with van der Waals surface area (Å²) in [6, 6.07) is 2.08. The monoisotopic (exact) mass is 262 g/mol. The second-order valence-electron chi connectivity index (χ2n) is 3.19. The molecule has 0 fully saturated rings. The Labute approximate surface area is 76.4 Å². The molecule has 1 unspecified atom stereocenters. The van der Waals surface area contributed by atoms with E-state index in [1.165, 1.54) is 12.8 Å². The van der Waals surface area contributed by atoms with Crippen LogP contribution in [0.2, 0.25) is 13.8 Å². The Morgan fingerprint density at radius 1 is 1.55 bits per heavy atom. The number of nitrogens with one attached hydrogen (secondary N) is 1. The SMILES string of the molecule is CC[CH](CCN=C=N)[SnH]([CH3])[CH3]. The zero-order valence-corrected chi connectivity index (χ0v) is 11.0. The van der Waals surface area contributed by atoms with Gasteiger partial charge in [-0.2, -0.15) is 0 Å². The van der Waals surface area contributed by atoms with Crippen molar-refractivity contribution in [2.24, 2.45) is 4.99 Å². The topological polar surface area (TPSA) is 36.2 Å². The van der Waals surface area contributed by atoms with Crippen LogP contribution in [0.1, 0.15) is 19.8 Å². The summed E-state index contributed by atoms with van der Waals surface area (Å²) in [6.45, 7) is 3.08. The van der Waals surface area contributed by atoms with Crippen LogP contribution in [0, 0.1) is 5.41 Å². The van der Waals surface area contributed by atoms with E-state index in [0.717, 1.165) is 10.5 Å². The predicted molar refractivity (Wildman–Crippen MR) is 52.6 cm³/mol. The van der Waals surface area contributed by atoms with Crippen LogP contribution in [0.3, 0.4) is 0 Å². The first-order valence-corrected chi connectivity index (χ1v) is 12.8. The van der Waals surface area contributed by atoms with Crippen molar-refractivity contribution < 1.29 is 0 Å². The molecule has 0 radical (unpaired) electrons.